The number of halogens is 1. The minimum atomic E-state index is -0.576. The van der Waals surface area contributed by atoms with Crippen molar-refractivity contribution in [3.05, 3.63) is 60.3 Å². The van der Waals surface area contributed by atoms with Crippen molar-refractivity contribution >= 4 is 46.7 Å². The summed E-state index contributed by atoms with van der Waals surface area (Å²) >= 11 is 0. The van der Waals surface area contributed by atoms with Crippen LogP contribution in [0, 0.1) is 0 Å². The van der Waals surface area contributed by atoms with Gasteiger partial charge in [0.1, 0.15) is 11.5 Å². The van der Waals surface area contributed by atoms with E-state index in [0.717, 1.165) is 22.2 Å². The van der Waals surface area contributed by atoms with Gasteiger partial charge < -0.3 is 19.8 Å². The highest BCUT2D eigenvalue weighted by atomic mass is 35.5. The Morgan fingerprint density at radius 3 is 2.42 bits per heavy atom. The predicted octanol–water partition coefficient (Wildman–Crippen LogP) is 5.31. The molecule has 0 radical (unpaired) electrons. The number of fused-ring (bicyclic) bond motifs is 1. The number of anilines is 2. The predicted molar refractivity (Wildman–Crippen MR) is 125 cm³/mol. The summed E-state index contributed by atoms with van der Waals surface area (Å²) in [5.74, 6) is -0.816. The van der Waals surface area contributed by atoms with Gasteiger partial charge in [0.05, 0.1) is 7.11 Å². The second kappa shape index (κ2) is 10.2. The van der Waals surface area contributed by atoms with E-state index in [-0.39, 0.29) is 18.4 Å². The van der Waals surface area contributed by atoms with E-state index in [1.165, 1.54) is 7.11 Å². The number of carbonyl (C=O) groups is 2. The maximum Gasteiger partial charge on any atom is 0.412 e. The number of H-pyrrole nitrogens is 1. The molecule has 0 aliphatic heterocycles. The van der Waals surface area contributed by atoms with Crippen LogP contribution >= 0.6 is 12.4 Å². The molecule has 0 fully saturated rings. The number of aromatic nitrogens is 1. The first kappa shape index (κ1) is 24.1. The van der Waals surface area contributed by atoms with Crippen molar-refractivity contribution in [2.24, 2.45) is 0 Å². The smallest absolute Gasteiger partial charge is 0.412 e. The van der Waals surface area contributed by atoms with E-state index in [2.05, 4.69) is 15.6 Å². The molecular weight excluding hydrogens is 418 g/mol. The molecule has 3 aromatic rings. The Balaban J connectivity index is 0.00000341. The van der Waals surface area contributed by atoms with Crippen LogP contribution in [0.4, 0.5) is 16.2 Å². The lowest BCUT2D eigenvalue weighted by Crippen LogP contribution is -2.27. The number of benzene rings is 2. The molecule has 3 N–H and O–H groups in total. The van der Waals surface area contributed by atoms with E-state index in [4.69, 9.17) is 9.47 Å². The Morgan fingerprint density at radius 2 is 1.77 bits per heavy atom. The van der Waals surface area contributed by atoms with Crippen LogP contribution in [0.5, 0.6) is 0 Å². The first-order chi connectivity index (χ1) is 14.3. The zero-order chi connectivity index (χ0) is 21.7. The molecule has 1 amide bonds. The number of aromatic amines is 1. The lowest BCUT2D eigenvalue weighted by atomic mass is 9.98. The van der Waals surface area contributed by atoms with Gasteiger partial charge in [-0.2, -0.15) is 0 Å². The highest BCUT2D eigenvalue weighted by molar-refractivity contribution is 5.94. The lowest BCUT2D eigenvalue weighted by molar-refractivity contribution is -0.142. The topological polar surface area (TPSA) is 92.5 Å². The molecular formula is C23H28ClN3O4. The molecule has 1 heterocycles. The number of esters is 1. The normalized spacial score (nSPS) is 11.9. The average Bonchev–Trinajstić information content (AvgIpc) is 3.10. The summed E-state index contributed by atoms with van der Waals surface area (Å²) in [7, 11) is 1.38. The molecule has 31 heavy (non-hydrogen) atoms. The summed E-state index contributed by atoms with van der Waals surface area (Å²) in [4.78, 5) is 27.7. The molecule has 0 aliphatic carbocycles. The van der Waals surface area contributed by atoms with Crippen molar-refractivity contribution in [3.63, 3.8) is 0 Å². The highest BCUT2D eigenvalue weighted by Crippen LogP contribution is 2.29. The third-order valence-corrected chi connectivity index (χ3v) is 4.50. The van der Waals surface area contributed by atoms with Gasteiger partial charge in [0.25, 0.3) is 0 Å². The second-order valence-electron chi connectivity index (χ2n) is 7.95. The molecule has 166 valence electrons. The summed E-state index contributed by atoms with van der Waals surface area (Å²) in [5, 5.41) is 6.89. The van der Waals surface area contributed by atoms with Crippen molar-refractivity contribution in [2.75, 3.05) is 24.3 Å². The van der Waals surface area contributed by atoms with Crippen molar-refractivity contribution < 1.29 is 19.1 Å². The van der Waals surface area contributed by atoms with Crippen LogP contribution in [0.1, 0.15) is 32.3 Å². The highest BCUT2D eigenvalue weighted by Gasteiger charge is 2.25. The number of rotatable bonds is 6. The number of nitrogens with one attached hydrogen (secondary N) is 3. The van der Waals surface area contributed by atoms with Crippen LogP contribution in [0.25, 0.3) is 10.9 Å². The van der Waals surface area contributed by atoms with Gasteiger partial charge in [-0.3, -0.25) is 10.1 Å². The Kier molecular flexibility index (Phi) is 7.94. The number of hydrogen-bond donors (Lipinski definition) is 3. The van der Waals surface area contributed by atoms with Crippen LogP contribution in [0.2, 0.25) is 0 Å². The molecule has 0 spiro atoms. The van der Waals surface area contributed by atoms with E-state index in [0.29, 0.717) is 12.2 Å². The maximum atomic E-state index is 12.5. The molecule has 7 nitrogen and oxygen atoms in total. The molecule has 3 rings (SSSR count). The van der Waals surface area contributed by atoms with E-state index in [1.807, 2.05) is 63.2 Å². The number of ether oxygens (including phenoxy) is 2. The zero-order valence-corrected chi connectivity index (χ0v) is 18.8. The van der Waals surface area contributed by atoms with Crippen LogP contribution in [0.15, 0.2) is 54.7 Å². The van der Waals surface area contributed by atoms with Gasteiger partial charge in [-0.05, 0) is 50.6 Å². The van der Waals surface area contributed by atoms with Gasteiger partial charge in [-0.15, -0.1) is 12.4 Å². The van der Waals surface area contributed by atoms with Gasteiger partial charge in [-0.25, -0.2) is 4.79 Å². The molecule has 2 aromatic carbocycles. The number of hydrogen-bond acceptors (Lipinski definition) is 5. The SMILES string of the molecule is COC(=O)C(CNc1ccccc1)c1c[nH]c2cc(NC(=O)OC(C)(C)C)ccc12.Cl. The number of methoxy groups -OCH3 is 1. The fourth-order valence-electron chi connectivity index (χ4n) is 3.17. The summed E-state index contributed by atoms with van der Waals surface area (Å²) < 4.78 is 10.3. The van der Waals surface area contributed by atoms with E-state index < -0.39 is 17.6 Å². The quantitative estimate of drug-likeness (QED) is 0.447. The van der Waals surface area contributed by atoms with Crippen molar-refractivity contribution in [2.45, 2.75) is 32.3 Å². The van der Waals surface area contributed by atoms with Crippen LogP contribution in [0.3, 0.4) is 0 Å². The Hall–Kier alpha value is -3.19. The first-order valence-corrected chi connectivity index (χ1v) is 9.74. The molecule has 1 unspecified atom stereocenters. The summed E-state index contributed by atoms with van der Waals surface area (Å²) in [6.45, 7) is 5.82. The molecule has 0 aliphatic rings. The lowest BCUT2D eigenvalue weighted by Gasteiger charge is -2.19. The van der Waals surface area contributed by atoms with Gasteiger partial charge >= 0.3 is 12.1 Å². The van der Waals surface area contributed by atoms with E-state index in [9.17, 15) is 9.59 Å². The third kappa shape index (κ3) is 6.39. The van der Waals surface area contributed by atoms with Crippen LogP contribution in [-0.4, -0.2) is 36.3 Å². The molecule has 0 saturated heterocycles. The monoisotopic (exact) mass is 445 g/mol. The zero-order valence-electron chi connectivity index (χ0n) is 18.0. The first-order valence-electron chi connectivity index (χ1n) is 9.74. The minimum absolute atomic E-state index is 0. The van der Waals surface area contributed by atoms with Crippen LogP contribution < -0.4 is 10.6 Å². The fourth-order valence-corrected chi connectivity index (χ4v) is 3.17. The molecule has 0 bridgehead atoms. The maximum absolute atomic E-state index is 12.5. The van der Waals surface area contributed by atoms with Gasteiger partial charge in [0.2, 0.25) is 0 Å². The largest absolute Gasteiger partial charge is 0.468 e. The van der Waals surface area contributed by atoms with Gasteiger partial charge in [0.15, 0.2) is 0 Å². The van der Waals surface area contributed by atoms with E-state index >= 15 is 0 Å². The average molecular weight is 446 g/mol. The van der Waals surface area contributed by atoms with Crippen LogP contribution in [-0.2, 0) is 14.3 Å². The molecule has 1 aromatic heterocycles. The summed E-state index contributed by atoms with van der Waals surface area (Å²) in [5.41, 5.74) is 2.57. The van der Waals surface area contributed by atoms with Gasteiger partial charge in [-0.1, -0.05) is 24.3 Å². The van der Waals surface area contributed by atoms with Crippen molar-refractivity contribution in [1.82, 2.24) is 4.98 Å². The molecule has 0 saturated carbocycles. The number of carbonyl (C=O) groups excluding carboxylic acids is 2. The standard InChI is InChI=1S/C23H27N3O4.ClH/c1-23(2,3)30-22(28)26-16-10-11-17-18(13-25-20(17)12-16)19(21(27)29-4)14-24-15-8-6-5-7-9-15;/h5-13,19,24-25H,14H2,1-4H3,(H,26,28);1H. The molecule has 1 atom stereocenters. The fraction of sp³-hybridized carbons (Fsp3) is 0.304. The summed E-state index contributed by atoms with van der Waals surface area (Å²) in [6, 6.07) is 15.1. The Morgan fingerprint density at radius 1 is 1.06 bits per heavy atom. The summed E-state index contributed by atoms with van der Waals surface area (Å²) in [6.07, 6.45) is 1.28. The van der Waals surface area contributed by atoms with Crippen molar-refractivity contribution in [3.8, 4) is 0 Å². The third-order valence-electron chi connectivity index (χ3n) is 4.50. The minimum Gasteiger partial charge on any atom is -0.468 e. The number of para-hydroxylation sites is 1. The molecule has 8 heteroatoms. The Labute approximate surface area is 187 Å². The second-order valence-corrected chi connectivity index (χ2v) is 7.95. The Bertz CT molecular complexity index is 1030. The number of amides is 1. The van der Waals surface area contributed by atoms with E-state index in [1.54, 1.807) is 12.3 Å². The van der Waals surface area contributed by atoms with Gasteiger partial charge in [0, 0.05) is 35.0 Å². The van der Waals surface area contributed by atoms with Crippen molar-refractivity contribution in [1.29, 1.82) is 0 Å².